The summed E-state index contributed by atoms with van der Waals surface area (Å²) in [5.41, 5.74) is 1.85. The monoisotopic (exact) mass is 346 g/mol. The van der Waals surface area contributed by atoms with Crippen LogP contribution < -0.4 is 4.74 Å². The number of aliphatic hydroxyl groups excluding tert-OH is 1. The lowest BCUT2D eigenvalue weighted by Crippen LogP contribution is -2.00. The first kappa shape index (κ1) is 13.9. The number of aryl methyl sites for hydroxylation is 1. The third-order valence-corrected chi connectivity index (χ3v) is 5.23. The Kier molecular flexibility index (Phi) is 4.33. The molecule has 2 nitrogen and oxygen atoms in total. The predicted molar refractivity (Wildman–Crippen MR) is 78.8 cm³/mol. The molecule has 1 N–H and O–H groups in total. The van der Waals surface area contributed by atoms with Crippen molar-refractivity contribution in [1.29, 1.82) is 0 Å². The van der Waals surface area contributed by atoms with Crippen molar-refractivity contribution < 1.29 is 9.84 Å². The highest BCUT2D eigenvalue weighted by molar-refractivity contribution is 9.10. The van der Waals surface area contributed by atoms with Crippen molar-refractivity contribution in [3.05, 3.63) is 49.1 Å². The zero-order valence-corrected chi connectivity index (χ0v) is 13.1. The Morgan fingerprint density at radius 3 is 2.61 bits per heavy atom. The Balaban J connectivity index is 2.36. The molecule has 0 aliphatic carbocycles. The molecule has 0 aliphatic rings. The molecular weight excluding hydrogens is 336 g/mol. The van der Waals surface area contributed by atoms with Crippen LogP contribution in [0.1, 0.15) is 22.1 Å². The summed E-state index contributed by atoms with van der Waals surface area (Å²) in [7, 11) is 1.63. The molecule has 0 amide bonds. The van der Waals surface area contributed by atoms with Crippen molar-refractivity contribution in [2.45, 2.75) is 13.0 Å². The SMILES string of the molecule is COc1ccc(C(O)c2cc(Br)c(Cl)s2)c(C)c1. The zero-order valence-electron chi connectivity index (χ0n) is 9.91. The topological polar surface area (TPSA) is 29.5 Å². The first-order valence-corrected chi connectivity index (χ1v) is 7.29. The number of thiophene rings is 1. The number of rotatable bonds is 3. The average molecular weight is 348 g/mol. The highest BCUT2D eigenvalue weighted by Crippen LogP contribution is 2.38. The van der Waals surface area contributed by atoms with Crippen LogP contribution in [0.25, 0.3) is 0 Å². The minimum atomic E-state index is -0.662. The van der Waals surface area contributed by atoms with Gasteiger partial charge in [0.05, 0.1) is 7.11 Å². The fraction of sp³-hybridized carbons (Fsp3) is 0.231. The minimum Gasteiger partial charge on any atom is -0.497 e. The van der Waals surface area contributed by atoms with Gasteiger partial charge in [-0.3, -0.25) is 0 Å². The molecule has 0 bridgehead atoms. The number of hydrogen-bond acceptors (Lipinski definition) is 3. The summed E-state index contributed by atoms with van der Waals surface area (Å²) < 4.78 is 6.61. The molecule has 1 aromatic heterocycles. The van der Waals surface area contributed by atoms with Crippen LogP contribution in [0.15, 0.2) is 28.7 Å². The second-order valence-corrected chi connectivity index (χ2v) is 6.44. The van der Waals surface area contributed by atoms with E-state index in [-0.39, 0.29) is 0 Å². The van der Waals surface area contributed by atoms with Gasteiger partial charge in [-0.25, -0.2) is 0 Å². The fourth-order valence-corrected chi connectivity index (χ4v) is 3.47. The molecular formula is C13H12BrClO2S. The molecule has 2 rings (SSSR count). The first-order chi connectivity index (χ1) is 8.52. The summed E-state index contributed by atoms with van der Waals surface area (Å²) in [5, 5.41) is 10.4. The van der Waals surface area contributed by atoms with Crippen molar-refractivity contribution in [2.24, 2.45) is 0 Å². The van der Waals surface area contributed by atoms with Gasteiger partial charge in [0.15, 0.2) is 0 Å². The zero-order chi connectivity index (χ0) is 13.3. The molecule has 96 valence electrons. The van der Waals surface area contributed by atoms with Crippen molar-refractivity contribution >= 4 is 38.9 Å². The number of aliphatic hydroxyl groups is 1. The van der Waals surface area contributed by atoms with E-state index in [1.54, 1.807) is 7.11 Å². The summed E-state index contributed by atoms with van der Waals surface area (Å²) >= 11 is 10.7. The van der Waals surface area contributed by atoms with Crippen LogP contribution in [0.5, 0.6) is 5.75 Å². The normalized spacial score (nSPS) is 12.5. The number of methoxy groups -OCH3 is 1. The summed E-state index contributed by atoms with van der Waals surface area (Å²) in [6.45, 7) is 1.95. The largest absolute Gasteiger partial charge is 0.497 e. The lowest BCUT2D eigenvalue weighted by atomic mass is 10.0. The van der Waals surface area contributed by atoms with E-state index in [9.17, 15) is 5.11 Å². The Hall–Kier alpha value is -0.550. The fourth-order valence-electron chi connectivity index (χ4n) is 1.73. The van der Waals surface area contributed by atoms with Crippen molar-refractivity contribution in [3.8, 4) is 5.75 Å². The molecule has 5 heteroatoms. The molecule has 2 aromatic rings. The highest BCUT2D eigenvalue weighted by atomic mass is 79.9. The molecule has 1 unspecified atom stereocenters. The van der Waals surface area contributed by atoms with Gasteiger partial charge in [-0.2, -0.15) is 0 Å². The maximum Gasteiger partial charge on any atom is 0.119 e. The van der Waals surface area contributed by atoms with Crippen molar-refractivity contribution in [2.75, 3.05) is 7.11 Å². The Morgan fingerprint density at radius 1 is 1.39 bits per heavy atom. The minimum absolute atomic E-state index is 0.648. The van der Waals surface area contributed by atoms with Gasteiger partial charge >= 0.3 is 0 Å². The van der Waals surface area contributed by atoms with E-state index in [1.165, 1.54) is 11.3 Å². The molecule has 0 fully saturated rings. The van der Waals surface area contributed by atoms with E-state index in [0.717, 1.165) is 26.2 Å². The van der Waals surface area contributed by atoms with Crippen LogP contribution >= 0.6 is 38.9 Å². The van der Waals surface area contributed by atoms with Gasteiger partial charge in [0, 0.05) is 9.35 Å². The smallest absolute Gasteiger partial charge is 0.119 e. The molecule has 0 spiro atoms. The van der Waals surface area contributed by atoms with Crippen molar-refractivity contribution in [1.82, 2.24) is 0 Å². The van der Waals surface area contributed by atoms with E-state index in [0.29, 0.717) is 4.34 Å². The molecule has 1 aromatic carbocycles. The molecule has 1 atom stereocenters. The van der Waals surface area contributed by atoms with Gasteiger partial charge < -0.3 is 9.84 Å². The summed E-state index contributed by atoms with van der Waals surface area (Å²) in [6.07, 6.45) is -0.662. The quantitative estimate of drug-likeness (QED) is 0.882. The number of hydrogen-bond donors (Lipinski definition) is 1. The molecule has 0 radical (unpaired) electrons. The van der Waals surface area contributed by atoms with E-state index < -0.39 is 6.10 Å². The van der Waals surface area contributed by atoms with Gasteiger partial charge in [0.25, 0.3) is 0 Å². The third-order valence-electron chi connectivity index (χ3n) is 2.71. The third kappa shape index (κ3) is 2.72. The summed E-state index contributed by atoms with van der Waals surface area (Å²) in [6, 6.07) is 7.47. The number of halogens is 2. The molecule has 18 heavy (non-hydrogen) atoms. The number of benzene rings is 1. The van der Waals surface area contributed by atoms with Gasteiger partial charge in [0.1, 0.15) is 16.2 Å². The second kappa shape index (κ2) is 5.61. The lowest BCUT2D eigenvalue weighted by molar-refractivity contribution is 0.223. The van der Waals surface area contributed by atoms with Gasteiger partial charge in [-0.15, -0.1) is 11.3 Å². The maximum absolute atomic E-state index is 10.4. The Labute approximate surface area is 123 Å². The van der Waals surface area contributed by atoms with E-state index in [1.807, 2.05) is 31.2 Å². The molecule has 1 heterocycles. The van der Waals surface area contributed by atoms with E-state index in [4.69, 9.17) is 16.3 Å². The van der Waals surface area contributed by atoms with Crippen LogP contribution in [0.4, 0.5) is 0 Å². The van der Waals surface area contributed by atoms with Crippen LogP contribution in [0, 0.1) is 6.92 Å². The van der Waals surface area contributed by atoms with Crippen LogP contribution in [0.2, 0.25) is 4.34 Å². The first-order valence-electron chi connectivity index (χ1n) is 5.30. The highest BCUT2D eigenvalue weighted by Gasteiger charge is 2.17. The Morgan fingerprint density at radius 2 is 2.11 bits per heavy atom. The second-order valence-electron chi connectivity index (χ2n) is 3.90. The Bertz CT molecular complexity index is 549. The van der Waals surface area contributed by atoms with Gasteiger partial charge in [-0.05, 0) is 52.2 Å². The predicted octanol–water partition coefficient (Wildman–Crippen LogP) is 4.56. The van der Waals surface area contributed by atoms with Gasteiger partial charge in [-0.1, -0.05) is 17.7 Å². The van der Waals surface area contributed by atoms with Gasteiger partial charge in [0.2, 0.25) is 0 Å². The van der Waals surface area contributed by atoms with Crippen LogP contribution in [0.3, 0.4) is 0 Å². The van der Waals surface area contributed by atoms with E-state index >= 15 is 0 Å². The molecule has 0 aliphatic heterocycles. The lowest BCUT2D eigenvalue weighted by Gasteiger charge is -2.13. The average Bonchev–Trinajstić information content (AvgIpc) is 2.68. The van der Waals surface area contributed by atoms with Crippen molar-refractivity contribution in [3.63, 3.8) is 0 Å². The number of ether oxygens (including phenoxy) is 1. The summed E-state index contributed by atoms with van der Waals surface area (Å²) in [4.78, 5) is 0.820. The standard InChI is InChI=1S/C13H12BrClO2S/c1-7-5-8(17-2)3-4-9(7)12(16)11-6-10(14)13(15)18-11/h3-6,12,16H,1-2H3. The molecule has 0 saturated carbocycles. The van der Waals surface area contributed by atoms with Crippen LogP contribution in [-0.2, 0) is 0 Å². The van der Waals surface area contributed by atoms with Crippen LogP contribution in [-0.4, -0.2) is 12.2 Å². The maximum atomic E-state index is 10.4. The van der Waals surface area contributed by atoms with E-state index in [2.05, 4.69) is 15.9 Å². The molecule has 0 saturated heterocycles. The summed E-state index contributed by atoms with van der Waals surface area (Å²) in [5.74, 6) is 0.786.